The molecule has 1 atom stereocenters. The van der Waals surface area contributed by atoms with Crippen LogP contribution in [0.4, 0.5) is 5.82 Å². The molecule has 2 aliphatic carbocycles. The predicted octanol–water partition coefficient (Wildman–Crippen LogP) is 4.04. The van der Waals surface area contributed by atoms with Gasteiger partial charge in [-0.2, -0.15) is 0 Å². The highest BCUT2D eigenvalue weighted by Crippen LogP contribution is 2.47. The van der Waals surface area contributed by atoms with Crippen molar-refractivity contribution in [2.45, 2.75) is 57.3 Å². The molecule has 0 radical (unpaired) electrons. The summed E-state index contributed by atoms with van der Waals surface area (Å²) in [5.74, 6) is 2.52. The van der Waals surface area contributed by atoms with Crippen molar-refractivity contribution in [2.24, 2.45) is 5.41 Å². The van der Waals surface area contributed by atoms with Crippen molar-refractivity contribution in [3.63, 3.8) is 0 Å². The Kier molecular flexibility index (Phi) is 5.16. The Morgan fingerprint density at radius 3 is 2.24 bits per heavy atom. The minimum atomic E-state index is -0.167. The third kappa shape index (κ3) is 3.97. The molecular weight excluding hydrogens is 424 g/mol. The standard InChI is InChI=1S/C28H34N4O2/c1-28(2)17-30-26(33)24(28)20-7-9-21(10-8-20)27(34)32-13-11-31(12-14-32)25-23(19-5-6-19)15-22(16-29-25)18-3-4-18/h7-10,15-16,18-19,24H,3-6,11-14,17H2,1-2H3,(H,30,33). The third-order valence-electron chi connectivity index (χ3n) is 8.10. The first-order chi connectivity index (χ1) is 16.4. The van der Waals surface area contributed by atoms with E-state index in [1.54, 1.807) is 0 Å². The fourth-order valence-corrected chi connectivity index (χ4v) is 5.69. The lowest BCUT2D eigenvalue weighted by Gasteiger charge is -2.36. The molecule has 3 heterocycles. The molecular formula is C28H34N4O2. The van der Waals surface area contributed by atoms with Gasteiger partial charge in [-0.3, -0.25) is 9.59 Å². The van der Waals surface area contributed by atoms with Crippen LogP contribution in [0.5, 0.6) is 0 Å². The lowest BCUT2D eigenvalue weighted by atomic mass is 9.77. The Morgan fingerprint density at radius 1 is 0.971 bits per heavy atom. The quantitative estimate of drug-likeness (QED) is 0.735. The van der Waals surface area contributed by atoms with Crippen LogP contribution in [0, 0.1) is 5.41 Å². The molecule has 6 nitrogen and oxygen atoms in total. The summed E-state index contributed by atoms with van der Waals surface area (Å²) < 4.78 is 0. The number of carbonyl (C=O) groups is 2. The van der Waals surface area contributed by atoms with Gasteiger partial charge in [0.25, 0.3) is 5.91 Å². The molecule has 6 heteroatoms. The summed E-state index contributed by atoms with van der Waals surface area (Å²) in [6.07, 6.45) is 7.24. The number of anilines is 1. The zero-order chi connectivity index (χ0) is 23.4. The van der Waals surface area contributed by atoms with E-state index in [2.05, 4.69) is 36.3 Å². The van der Waals surface area contributed by atoms with Crippen LogP contribution in [0.1, 0.15) is 84.3 Å². The number of nitrogens with zero attached hydrogens (tertiary/aromatic N) is 3. The number of rotatable bonds is 5. The Balaban J connectivity index is 1.12. The lowest BCUT2D eigenvalue weighted by Crippen LogP contribution is -2.49. The van der Waals surface area contributed by atoms with E-state index in [1.807, 2.05) is 29.2 Å². The number of hydrogen-bond acceptors (Lipinski definition) is 4. The van der Waals surface area contributed by atoms with Crippen molar-refractivity contribution in [1.29, 1.82) is 0 Å². The van der Waals surface area contributed by atoms with E-state index >= 15 is 0 Å². The maximum Gasteiger partial charge on any atom is 0.253 e. The van der Waals surface area contributed by atoms with E-state index in [4.69, 9.17) is 4.98 Å². The van der Waals surface area contributed by atoms with Crippen molar-refractivity contribution < 1.29 is 9.59 Å². The zero-order valence-corrected chi connectivity index (χ0v) is 20.2. The van der Waals surface area contributed by atoms with Crippen LogP contribution in [0.15, 0.2) is 36.5 Å². The summed E-state index contributed by atoms with van der Waals surface area (Å²) in [6.45, 7) is 7.94. The molecule has 4 aliphatic rings. The van der Waals surface area contributed by atoms with Gasteiger partial charge >= 0.3 is 0 Å². The molecule has 1 N–H and O–H groups in total. The second kappa shape index (κ2) is 8.10. The number of aromatic nitrogens is 1. The molecule has 178 valence electrons. The smallest absolute Gasteiger partial charge is 0.253 e. The molecule has 34 heavy (non-hydrogen) atoms. The summed E-state index contributed by atoms with van der Waals surface area (Å²) in [4.78, 5) is 34.8. The second-order valence-electron chi connectivity index (χ2n) is 11.3. The molecule has 1 aromatic heterocycles. The molecule has 1 aromatic carbocycles. The van der Waals surface area contributed by atoms with Crippen LogP contribution in [0.3, 0.4) is 0 Å². The Hall–Kier alpha value is -2.89. The highest BCUT2D eigenvalue weighted by molar-refractivity contribution is 5.95. The van der Waals surface area contributed by atoms with Gasteiger partial charge < -0.3 is 15.1 Å². The van der Waals surface area contributed by atoms with Gasteiger partial charge in [-0.15, -0.1) is 0 Å². The minimum Gasteiger partial charge on any atom is -0.355 e. The minimum absolute atomic E-state index is 0.0702. The molecule has 4 fully saturated rings. The highest BCUT2D eigenvalue weighted by atomic mass is 16.2. The molecule has 0 bridgehead atoms. The SMILES string of the molecule is CC1(C)CNC(=O)C1c1ccc(C(=O)N2CCN(c3ncc(C4CC4)cc3C3CC3)CC2)cc1. The van der Waals surface area contributed by atoms with Crippen LogP contribution in [-0.4, -0.2) is 54.4 Å². The molecule has 2 saturated carbocycles. The van der Waals surface area contributed by atoms with Gasteiger partial charge in [0.1, 0.15) is 5.82 Å². The molecule has 2 saturated heterocycles. The molecule has 6 rings (SSSR count). The summed E-state index contributed by atoms with van der Waals surface area (Å²) in [6, 6.07) is 10.1. The summed E-state index contributed by atoms with van der Waals surface area (Å²) >= 11 is 0. The number of carbonyl (C=O) groups excluding carboxylic acids is 2. The van der Waals surface area contributed by atoms with Crippen molar-refractivity contribution >= 4 is 17.6 Å². The average molecular weight is 459 g/mol. The van der Waals surface area contributed by atoms with Crippen LogP contribution in [0.2, 0.25) is 0 Å². The largest absolute Gasteiger partial charge is 0.355 e. The van der Waals surface area contributed by atoms with Crippen molar-refractivity contribution in [2.75, 3.05) is 37.6 Å². The van der Waals surface area contributed by atoms with E-state index in [0.717, 1.165) is 30.4 Å². The van der Waals surface area contributed by atoms with E-state index in [9.17, 15) is 9.59 Å². The Bertz CT molecular complexity index is 1110. The summed E-state index contributed by atoms with van der Waals surface area (Å²) in [5.41, 5.74) is 4.40. The van der Waals surface area contributed by atoms with Gasteiger partial charge in [0, 0.05) is 44.5 Å². The van der Waals surface area contributed by atoms with E-state index in [1.165, 1.54) is 36.8 Å². The van der Waals surface area contributed by atoms with E-state index in [0.29, 0.717) is 31.1 Å². The Labute approximate surface area is 201 Å². The second-order valence-corrected chi connectivity index (χ2v) is 11.3. The Morgan fingerprint density at radius 2 is 1.65 bits per heavy atom. The third-order valence-corrected chi connectivity index (χ3v) is 8.10. The van der Waals surface area contributed by atoms with Gasteiger partial charge in [0.05, 0.1) is 5.92 Å². The molecule has 2 amide bonds. The number of benzene rings is 1. The molecule has 1 unspecified atom stereocenters. The number of piperazine rings is 1. The molecule has 2 aliphatic heterocycles. The van der Waals surface area contributed by atoms with Crippen LogP contribution >= 0.6 is 0 Å². The van der Waals surface area contributed by atoms with E-state index < -0.39 is 0 Å². The van der Waals surface area contributed by atoms with Gasteiger partial charge in [-0.05, 0) is 71.8 Å². The van der Waals surface area contributed by atoms with E-state index in [-0.39, 0.29) is 23.1 Å². The van der Waals surface area contributed by atoms with Crippen LogP contribution < -0.4 is 10.2 Å². The topological polar surface area (TPSA) is 65.5 Å². The maximum absolute atomic E-state index is 13.2. The number of amides is 2. The monoisotopic (exact) mass is 458 g/mol. The first kappa shape index (κ1) is 21.6. The number of hydrogen-bond donors (Lipinski definition) is 1. The van der Waals surface area contributed by atoms with Crippen molar-refractivity contribution in [3.8, 4) is 0 Å². The predicted molar refractivity (Wildman–Crippen MR) is 132 cm³/mol. The van der Waals surface area contributed by atoms with Gasteiger partial charge in [-0.25, -0.2) is 4.98 Å². The van der Waals surface area contributed by atoms with Gasteiger partial charge in [0.2, 0.25) is 5.91 Å². The highest BCUT2D eigenvalue weighted by Gasteiger charge is 2.42. The zero-order valence-electron chi connectivity index (χ0n) is 20.2. The average Bonchev–Trinajstić information content (AvgIpc) is 3.76. The fraction of sp³-hybridized carbons (Fsp3) is 0.536. The van der Waals surface area contributed by atoms with Gasteiger partial charge in [-0.1, -0.05) is 32.0 Å². The maximum atomic E-state index is 13.2. The van der Waals surface area contributed by atoms with Crippen molar-refractivity contribution in [3.05, 3.63) is 58.8 Å². The fourth-order valence-electron chi connectivity index (χ4n) is 5.69. The first-order valence-electron chi connectivity index (χ1n) is 12.8. The van der Waals surface area contributed by atoms with Crippen LogP contribution in [-0.2, 0) is 4.79 Å². The van der Waals surface area contributed by atoms with Crippen molar-refractivity contribution in [1.82, 2.24) is 15.2 Å². The van der Waals surface area contributed by atoms with Crippen LogP contribution in [0.25, 0.3) is 0 Å². The first-order valence-corrected chi connectivity index (χ1v) is 12.8. The molecule has 2 aromatic rings. The number of pyridine rings is 1. The van der Waals surface area contributed by atoms with Gasteiger partial charge in [0.15, 0.2) is 0 Å². The molecule has 0 spiro atoms. The summed E-state index contributed by atoms with van der Waals surface area (Å²) in [5, 5.41) is 2.97. The summed E-state index contributed by atoms with van der Waals surface area (Å²) in [7, 11) is 0. The lowest BCUT2D eigenvalue weighted by molar-refractivity contribution is -0.121. The number of nitrogens with one attached hydrogen (secondary N) is 1. The normalized spacial score (nSPS) is 24.3.